The SMILES string of the molecule is COc1cnc2cccc(NC(=O)C3CCCC(CN)C3)c2n1. The molecule has 0 aliphatic heterocycles. The van der Waals surface area contributed by atoms with Gasteiger partial charge in [0.25, 0.3) is 0 Å². The van der Waals surface area contributed by atoms with Crippen molar-refractivity contribution in [1.29, 1.82) is 0 Å². The summed E-state index contributed by atoms with van der Waals surface area (Å²) in [4.78, 5) is 21.3. The molecule has 1 aromatic heterocycles. The highest BCUT2D eigenvalue weighted by atomic mass is 16.5. The third-order valence-electron chi connectivity index (χ3n) is 4.50. The number of para-hydroxylation sites is 1. The number of fused-ring (bicyclic) bond motifs is 1. The molecule has 1 fully saturated rings. The van der Waals surface area contributed by atoms with Crippen LogP contribution in [-0.2, 0) is 4.79 Å². The van der Waals surface area contributed by atoms with E-state index in [2.05, 4.69) is 15.3 Å². The van der Waals surface area contributed by atoms with Crippen LogP contribution in [0.5, 0.6) is 5.88 Å². The van der Waals surface area contributed by atoms with Gasteiger partial charge in [-0.15, -0.1) is 0 Å². The number of nitrogens with zero attached hydrogens (tertiary/aromatic N) is 2. The molecule has 0 saturated heterocycles. The molecule has 2 unspecified atom stereocenters. The Labute approximate surface area is 135 Å². The fraction of sp³-hybridized carbons (Fsp3) is 0.471. The summed E-state index contributed by atoms with van der Waals surface area (Å²) in [5.74, 6) is 0.943. The molecule has 2 atom stereocenters. The Morgan fingerprint density at radius 1 is 1.43 bits per heavy atom. The molecule has 0 radical (unpaired) electrons. The zero-order valence-corrected chi connectivity index (χ0v) is 13.3. The molecule has 1 amide bonds. The summed E-state index contributed by atoms with van der Waals surface area (Å²) in [7, 11) is 1.55. The maximum absolute atomic E-state index is 12.6. The molecule has 0 bridgehead atoms. The number of ether oxygens (including phenoxy) is 1. The van der Waals surface area contributed by atoms with Gasteiger partial charge < -0.3 is 15.8 Å². The van der Waals surface area contributed by atoms with E-state index in [-0.39, 0.29) is 11.8 Å². The van der Waals surface area contributed by atoms with Crippen LogP contribution in [0.15, 0.2) is 24.4 Å². The lowest BCUT2D eigenvalue weighted by Crippen LogP contribution is -2.30. The van der Waals surface area contributed by atoms with Gasteiger partial charge in [0, 0.05) is 5.92 Å². The predicted molar refractivity (Wildman–Crippen MR) is 89.2 cm³/mol. The Morgan fingerprint density at radius 2 is 2.30 bits per heavy atom. The molecule has 6 heteroatoms. The normalized spacial score (nSPS) is 21.1. The molecule has 1 aliphatic carbocycles. The van der Waals surface area contributed by atoms with Crippen LogP contribution in [-0.4, -0.2) is 29.5 Å². The molecule has 0 spiro atoms. The fourth-order valence-electron chi connectivity index (χ4n) is 3.19. The first-order chi connectivity index (χ1) is 11.2. The van der Waals surface area contributed by atoms with Gasteiger partial charge in [0.1, 0.15) is 5.52 Å². The molecular formula is C17H22N4O2. The number of amides is 1. The topological polar surface area (TPSA) is 90.1 Å². The highest BCUT2D eigenvalue weighted by Gasteiger charge is 2.26. The first-order valence-corrected chi connectivity index (χ1v) is 8.02. The predicted octanol–water partition coefficient (Wildman–Crippen LogP) is 2.34. The van der Waals surface area contributed by atoms with E-state index in [0.29, 0.717) is 29.5 Å². The Balaban J connectivity index is 1.81. The first kappa shape index (κ1) is 15.7. The van der Waals surface area contributed by atoms with Gasteiger partial charge in [-0.25, -0.2) is 9.97 Å². The molecule has 1 aromatic carbocycles. The summed E-state index contributed by atoms with van der Waals surface area (Å²) in [5.41, 5.74) is 7.81. The minimum absolute atomic E-state index is 0.0196. The zero-order chi connectivity index (χ0) is 16.2. The Kier molecular flexibility index (Phi) is 4.71. The van der Waals surface area contributed by atoms with Crippen LogP contribution in [0.3, 0.4) is 0 Å². The van der Waals surface area contributed by atoms with E-state index in [1.165, 1.54) is 0 Å². The van der Waals surface area contributed by atoms with Gasteiger partial charge in [0.15, 0.2) is 0 Å². The second kappa shape index (κ2) is 6.91. The van der Waals surface area contributed by atoms with Crippen LogP contribution in [0.4, 0.5) is 5.69 Å². The second-order valence-corrected chi connectivity index (χ2v) is 6.04. The molecule has 1 saturated carbocycles. The second-order valence-electron chi connectivity index (χ2n) is 6.04. The van der Waals surface area contributed by atoms with Gasteiger partial charge in [-0.05, 0) is 43.9 Å². The number of carbonyl (C=O) groups excluding carboxylic acids is 1. The van der Waals surface area contributed by atoms with Gasteiger partial charge in [0.05, 0.1) is 24.5 Å². The lowest BCUT2D eigenvalue weighted by atomic mass is 9.81. The van der Waals surface area contributed by atoms with E-state index in [1.807, 2.05) is 18.2 Å². The molecule has 6 nitrogen and oxygen atoms in total. The minimum Gasteiger partial charge on any atom is -0.480 e. The van der Waals surface area contributed by atoms with Crippen molar-refractivity contribution in [3.05, 3.63) is 24.4 Å². The molecule has 1 aliphatic rings. The summed E-state index contributed by atoms with van der Waals surface area (Å²) in [6, 6.07) is 5.57. The number of carbonyl (C=O) groups is 1. The average molecular weight is 314 g/mol. The van der Waals surface area contributed by atoms with Gasteiger partial charge in [-0.3, -0.25) is 4.79 Å². The lowest BCUT2D eigenvalue weighted by Gasteiger charge is -2.27. The van der Waals surface area contributed by atoms with Crippen LogP contribution in [0.25, 0.3) is 11.0 Å². The summed E-state index contributed by atoms with van der Waals surface area (Å²) in [6.45, 7) is 0.653. The fourth-order valence-corrected chi connectivity index (χ4v) is 3.19. The van der Waals surface area contributed by atoms with Crippen LogP contribution in [0.2, 0.25) is 0 Å². The molecule has 1 heterocycles. The third-order valence-corrected chi connectivity index (χ3v) is 4.50. The number of aromatic nitrogens is 2. The summed E-state index contributed by atoms with van der Waals surface area (Å²) >= 11 is 0. The quantitative estimate of drug-likeness (QED) is 0.904. The first-order valence-electron chi connectivity index (χ1n) is 8.02. The van der Waals surface area contributed by atoms with E-state index >= 15 is 0 Å². The number of methoxy groups -OCH3 is 1. The van der Waals surface area contributed by atoms with Gasteiger partial charge in [0.2, 0.25) is 11.8 Å². The van der Waals surface area contributed by atoms with Crippen LogP contribution >= 0.6 is 0 Å². The van der Waals surface area contributed by atoms with Crippen LogP contribution < -0.4 is 15.8 Å². The van der Waals surface area contributed by atoms with Crippen LogP contribution in [0, 0.1) is 11.8 Å². The monoisotopic (exact) mass is 314 g/mol. The van der Waals surface area contributed by atoms with Crippen molar-refractivity contribution in [3.63, 3.8) is 0 Å². The Morgan fingerprint density at radius 3 is 3.09 bits per heavy atom. The summed E-state index contributed by atoms with van der Waals surface area (Å²) < 4.78 is 5.13. The largest absolute Gasteiger partial charge is 0.480 e. The average Bonchev–Trinajstić information content (AvgIpc) is 2.61. The van der Waals surface area contributed by atoms with Gasteiger partial charge in [-0.1, -0.05) is 12.5 Å². The number of anilines is 1. The molecule has 3 N–H and O–H groups in total. The van der Waals surface area contributed by atoms with Crippen LogP contribution in [0.1, 0.15) is 25.7 Å². The van der Waals surface area contributed by atoms with Crippen molar-refractivity contribution < 1.29 is 9.53 Å². The van der Waals surface area contributed by atoms with Gasteiger partial charge in [-0.2, -0.15) is 0 Å². The van der Waals surface area contributed by atoms with E-state index in [4.69, 9.17) is 10.5 Å². The number of nitrogens with two attached hydrogens (primary N) is 1. The van der Waals surface area contributed by atoms with E-state index in [9.17, 15) is 4.79 Å². The van der Waals surface area contributed by atoms with Crippen molar-refractivity contribution in [2.75, 3.05) is 19.0 Å². The van der Waals surface area contributed by atoms with E-state index < -0.39 is 0 Å². The lowest BCUT2D eigenvalue weighted by molar-refractivity contribution is -0.121. The molecule has 122 valence electrons. The van der Waals surface area contributed by atoms with E-state index in [0.717, 1.165) is 31.2 Å². The summed E-state index contributed by atoms with van der Waals surface area (Å²) in [5, 5.41) is 3.01. The highest BCUT2D eigenvalue weighted by molar-refractivity contribution is 6.00. The number of rotatable bonds is 4. The Hall–Kier alpha value is -2.21. The molecular weight excluding hydrogens is 292 g/mol. The van der Waals surface area contributed by atoms with Gasteiger partial charge >= 0.3 is 0 Å². The Bertz CT molecular complexity index is 704. The maximum atomic E-state index is 12.6. The standard InChI is InChI=1S/C17H22N4O2/c1-23-15-10-19-13-6-3-7-14(16(13)21-15)20-17(22)12-5-2-4-11(8-12)9-18/h3,6-7,10-12H,2,4-5,8-9,18H2,1H3,(H,20,22). The highest BCUT2D eigenvalue weighted by Crippen LogP contribution is 2.30. The zero-order valence-electron chi connectivity index (χ0n) is 13.3. The van der Waals surface area contributed by atoms with Crippen molar-refractivity contribution in [2.24, 2.45) is 17.6 Å². The number of hydrogen-bond donors (Lipinski definition) is 2. The molecule has 23 heavy (non-hydrogen) atoms. The third kappa shape index (κ3) is 3.42. The van der Waals surface area contributed by atoms with E-state index in [1.54, 1.807) is 13.3 Å². The smallest absolute Gasteiger partial charge is 0.232 e. The number of benzene rings is 1. The van der Waals surface area contributed by atoms with Crippen molar-refractivity contribution in [1.82, 2.24) is 9.97 Å². The van der Waals surface area contributed by atoms with Crippen molar-refractivity contribution >= 4 is 22.6 Å². The summed E-state index contributed by atoms with van der Waals surface area (Å²) in [6.07, 6.45) is 5.53. The van der Waals surface area contributed by atoms with Crippen molar-refractivity contribution in [3.8, 4) is 5.88 Å². The minimum atomic E-state index is 0.0196. The number of nitrogens with one attached hydrogen (secondary N) is 1. The number of hydrogen-bond acceptors (Lipinski definition) is 5. The van der Waals surface area contributed by atoms with Crippen molar-refractivity contribution in [2.45, 2.75) is 25.7 Å². The molecule has 2 aromatic rings. The molecule has 3 rings (SSSR count). The maximum Gasteiger partial charge on any atom is 0.232 e.